The molecule has 0 amide bonds. The monoisotopic (exact) mass is 298 g/mol. The minimum Gasteiger partial charge on any atom is -0.396 e. The fraction of sp³-hybridized carbons (Fsp3) is 0.417. The van der Waals surface area contributed by atoms with E-state index < -0.39 is 5.82 Å². The van der Waals surface area contributed by atoms with Crippen LogP contribution in [0.3, 0.4) is 0 Å². The fourth-order valence-electron chi connectivity index (χ4n) is 2.07. The molecule has 5 heteroatoms. The number of benzene rings is 1. The molecule has 0 radical (unpaired) electrons. The molecular weight excluding hydrogens is 287 g/mol. The van der Waals surface area contributed by atoms with Crippen molar-refractivity contribution < 1.29 is 9.50 Å². The molecule has 1 aromatic rings. The number of aliphatic hydroxyl groups excluding tert-OH is 1. The van der Waals surface area contributed by atoms with Gasteiger partial charge in [0.1, 0.15) is 6.07 Å². The van der Waals surface area contributed by atoms with Gasteiger partial charge in [0.25, 0.3) is 0 Å². The van der Waals surface area contributed by atoms with E-state index in [-0.39, 0.29) is 17.0 Å². The van der Waals surface area contributed by atoms with E-state index in [1.54, 1.807) is 12.1 Å². The van der Waals surface area contributed by atoms with Crippen LogP contribution in [-0.2, 0) is 0 Å². The molecule has 0 bridgehead atoms. The van der Waals surface area contributed by atoms with Crippen molar-refractivity contribution in [3.63, 3.8) is 0 Å². The molecule has 17 heavy (non-hydrogen) atoms. The van der Waals surface area contributed by atoms with Gasteiger partial charge in [-0.1, -0.05) is 0 Å². The Morgan fingerprint density at radius 2 is 2.35 bits per heavy atom. The van der Waals surface area contributed by atoms with Crippen molar-refractivity contribution in [1.82, 2.24) is 0 Å². The summed E-state index contributed by atoms with van der Waals surface area (Å²) >= 11 is 3.10. The van der Waals surface area contributed by atoms with Crippen molar-refractivity contribution in [3.05, 3.63) is 28.0 Å². The summed E-state index contributed by atoms with van der Waals surface area (Å²) in [5, 5.41) is 17.8. The molecule has 1 atom stereocenters. The minimum absolute atomic E-state index is 0.134. The van der Waals surface area contributed by atoms with Crippen LogP contribution in [0.25, 0.3) is 0 Å². The minimum atomic E-state index is -0.400. The molecular formula is C12H12BrFN2O. The quantitative estimate of drug-likeness (QED) is 0.911. The molecule has 3 nitrogen and oxygen atoms in total. The van der Waals surface area contributed by atoms with Gasteiger partial charge in [0.05, 0.1) is 15.7 Å². The van der Waals surface area contributed by atoms with E-state index in [2.05, 4.69) is 15.9 Å². The van der Waals surface area contributed by atoms with Crippen molar-refractivity contribution in [1.29, 1.82) is 5.26 Å². The molecule has 1 N–H and O–H groups in total. The van der Waals surface area contributed by atoms with Crippen LogP contribution in [0.15, 0.2) is 16.6 Å². The lowest BCUT2D eigenvalue weighted by Crippen LogP contribution is -2.21. The van der Waals surface area contributed by atoms with Crippen LogP contribution in [0.1, 0.15) is 12.0 Å². The average molecular weight is 299 g/mol. The zero-order valence-electron chi connectivity index (χ0n) is 9.16. The maximum atomic E-state index is 14.0. The van der Waals surface area contributed by atoms with E-state index >= 15 is 0 Å². The van der Waals surface area contributed by atoms with Crippen LogP contribution in [0.4, 0.5) is 10.1 Å². The third-order valence-corrected chi connectivity index (χ3v) is 3.84. The van der Waals surface area contributed by atoms with Crippen molar-refractivity contribution >= 4 is 21.6 Å². The van der Waals surface area contributed by atoms with Crippen molar-refractivity contribution in [3.8, 4) is 6.07 Å². The normalized spacial score (nSPS) is 19.4. The molecule has 0 aromatic heterocycles. The average Bonchev–Trinajstić information content (AvgIpc) is 2.81. The number of halogens is 2. The highest BCUT2D eigenvalue weighted by molar-refractivity contribution is 9.10. The highest BCUT2D eigenvalue weighted by Gasteiger charge is 2.25. The van der Waals surface area contributed by atoms with Crippen LogP contribution < -0.4 is 4.90 Å². The number of nitrogens with zero attached hydrogens (tertiary/aromatic N) is 2. The predicted molar refractivity (Wildman–Crippen MR) is 66.2 cm³/mol. The van der Waals surface area contributed by atoms with Gasteiger partial charge >= 0.3 is 0 Å². The number of aliphatic hydroxyl groups is 1. The molecule has 1 saturated heterocycles. The van der Waals surface area contributed by atoms with E-state index in [1.807, 2.05) is 11.0 Å². The summed E-state index contributed by atoms with van der Waals surface area (Å²) in [6, 6.07) is 5.16. The van der Waals surface area contributed by atoms with Gasteiger partial charge in [-0.15, -0.1) is 0 Å². The van der Waals surface area contributed by atoms with Gasteiger partial charge in [0, 0.05) is 25.6 Å². The second-order valence-corrected chi connectivity index (χ2v) is 4.95. The van der Waals surface area contributed by atoms with Crippen LogP contribution in [0, 0.1) is 23.1 Å². The Labute approximate surface area is 108 Å². The highest BCUT2D eigenvalue weighted by Crippen LogP contribution is 2.32. The first-order valence-electron chi connectivity index (χ1n) is 5.41. The molecule has 1 unspecified atom stereocenters. The van der Waals surface area contributed by atoms with E-state index in [0.717, 1.165) is 13.0 Å². The van der Waals surface area contributed by atoms with Crippen LogP contribution in [0.2, 0.25) is 0 Å². The van der Waals surface area contributed by atoms with Gasteiger partial charge in [0.15, 0.2) is 5.82 Å². The van der Waals surface area contributed by atoms with Gasteiger partial charge in [-0.05, 0) is 34.5 Å². The lowest BCUT2D eigenvalue weighted by Gasteiger charge is -2.19. The first-order chi connectivity index (χ1) is 8.17. The molecule has 0 saturated carbocycles. The van der Waals surface area contributed by atoms with Crippen LogP contribution >= 0.6 is 15.9 Å². The van der Waals surface area contributed by atoms with Gasteiger partial charge in [-0.2, -0.15) is 5.26 Å². The fourth-order valence-corrected chi connectivity index (χ4v) is 2.49. The number of rotatable bonds is 2. The van der Waals surface area contributed by atoms with E-state index in [0.29, 0.717) is 17.8 Å². The molecule has 90 valence electrons. The second kappa shape index (κ2) is 5.03. The van der Waals surface area contributed by atoms with Crippen molar-refractivity contribution in [2.75, 3.05) is 24.6 Å². The molecule has 1 aliphatic heterocycles. The molecule has 1 aromatic carbocycles. The lowest BCUT2D eigenvalue weighted by atomic mass is 10.1. The first kappa shape index (κ1) is 12.3. The Bertz CT molecular complexity index is 472. The maximum Gasteiger partial charge on any atom is 0.161 e. The molecule has 1 fully saturated rings. The smallest absolute Gasteiger partial charge is 0.161 e. The zero-order chi connectivity index (χ0) is 12.4. The maximum absolute atomic E-state index is 14.0. The summed E-state index contributed by atoms with van der Waals surface area (Å²) in [4.78, 5) is 1.90. The summed E-state index contributed by atoms with van der Waals surface area (Å²) in [7, 11) is 0. The molecule has 1 aliphatic rings. The third kappa shape index (κ3) is 2.28. The summed E-state index contributed by atoms with van der Waals surface area (Å²) in [6.45, 7) is 1.53. The number of hydrogen-bond donors (Lipinski definition) is 1. The molecule has 2 rings (SSSR count). The highest BCUT2D eigenvalue weighted by atomic mass is 79.9. The summed E-state index contributed by atoms with van der Waals surface area (Å²) in [5.74, 6) is -0.188. The van der Waals surface area contributed by atoms with Gasteiger partial charge < -0.3 is 10.0 Å². The Morgan fingerprint density at radius 3 is 2.94 bits per heavy atom. The largest absolute Gasteiger partial charge is 0.396 e. The Hall–Kier alpha value is -1.12. The van der Waals surface area contributed by atoms with Crippen LogP contribution in [-0.4, -0.2) is 24.8 Å². The topological polar surface area (TPSA) is 47.3 Å². The van der Waals surface area contributed by atoms with Crippen molar-refractivity contribution in [2.24, 2.45) is 5.92 Å². The zero-order valence-corrected chi connectivity index (χ0v) is 10.7. The second-order valence-electron chi connectivity index (χ2n) is 4.16. The van der Waals surface area contributed by atoms with Crippen LogP contribution in [0.5, 0.6) is 0 Å². The molecule has 0 aliphatic carbocycles. The number of nitriles is 1. The molecule has 0 spiro atoms. The summed E-state index contributed by atoms with van der Waals surface area (Å²) < 4.78 is 14.2. The number of anilines is 1. The third-order valence-electron chi connectivity index (χ3n) is 3.07. The van der Waals surface area contributed by atoms with Gasteiger partial charge in [-0.3, -0.25) is 0 Å². The lowest BCUT2D eigenvalue weighted by molar-refractivity contribution is 0.238. The van der Waals surface area contributed by atoms with E-state index in [4.69, 9.17) is 10.4 Å². The number of hydrogen-bond acceptors (Lipinski definition) is 3. The van der Waals surface area contributed by atoms with Crippen molar-refractivity contribution in [2.45, 2.75) is 6.42 Å². The summed E-state index contributed by atoms with van der Waals surface area (Å²) in [6.07, 6.45) is 0.869. The predicted octanol–water partition coefficient (Wildman–Crippen LogP) is 2.28. The SMILES string of the molecule is N#Cc1ccc(N2CCC(CO)C2)c(F)c1Br. The molecule has 1 heterocycles. The standard InChI is InChI=1S/C12H12BrFN2O/c13-11-9(5-15)1-2-10(12(11)14)16-4-3-8(6-16)7-17/h1-2,8,17H,3-4,6-7H2. The van der Waals surface area contributed by atoms with Gasteiger partial charge in [0.2, 0.25) is 0 Å². The van der Waals surface area contributed by atoms with E-state index in [9.17, 15) is 4.39 Å². The first-order valence-corrected chi connectivity index (χ1v) is 6.20. The Kier molecular flexibility index (Phi) is 3.65. The Balaban J connectivity index is 2.29. The van der Waals surface area contributed by atoms with Gasteiger partial charge in [-0.25, -0.2) is 4.39 Å². The van der Waals surface area contributed by atoms with E-state index in [1.165, 1.54) is 0 Å². The summed E-state index contributed by atoms with van der Waals surface area (Å²) in [5.41, 5.74) is 0.788. The Morgan fingerprint density at radius 1 is 1.59 bits per heavy atom.